The van der Waals surface area contributed by atoms with Crippen molar-refractivity contribution in [3.05, 3.63) is 35.9 Å². The summed E-state index contributed by atoms with van der Waals surface area (Å²) in [6, 6.07) is 7.82. The van der Waals surface area contributed by atoms with E-state index < -0.39 is 85.5 Å². The quantitative estimate of drug-likeness (QED) is 0.249. The first-order chi connectivity index (χ1) is 18.4. The van der Waals surface area contributed by atoms with Crippen LogP contribution in [0.3, 0.4) is 0 Å². The van der Waals surface area contributed by atoms with Crippen molar-refractivity contribution >= 4 is 35.8 Å². The Hall–Kier alpha value is -4.04. The third kappa shape index (κ3) is 10.3. The van der Waals surface area contributed by atoms with Crippen LogP contribution >= 0.6 is 0 Å². The molecule has 1 fully saturated rings. The fraction of sp³-hybridized carbons (Fsp3) is 0.520. The van der Waals surface area contributed by atoms with Crippen molar-refractivity contribution in [3.8, 4) is 0 Å². The predicted octanol–water partition coefficient (Wildman–Crippen LogP) is -1.07. The first-order valence-electron chi connectivity index (χ1n) is 12.0. The molecular weight excluding hydrogens is 520 g/mol. The summed E-state index contributed by atoms with van der Waals surface area (Å²) in [5, 5.41) is 2.47. The number of carbonyl (C=O) groups is 6. The summed E-state index contributed by atoms with van der Waals surface area (Å²) < 4.78 is 31.8. The van der Waals surface area contributed by atoms with E-state index in [1.54, 1.807) is 24.3 Å². The van der Waals surface area contributed by atoms with Gasteiger partial charge in [-0.3, -0.25) is 24.0 Å². The van der Waals surface area contributed by atoms with Crippen LogP contribution in [0.1, 0.15) is 39.7 Å². The average molecular weight is 554 g/mol. The lowest BCUT2D eigenvalue weighted by Crippen LogP contribution is -2.68. The van der Waals surface area contributed by atoms with Crippen LogP contribution in [0.15, 0.2) is 30.3 Å². The molecule has 1 aliphatic heterocycles. The fourth-order valence-corrected chi connectivity index (χ4v) is 3.72. The molecule has 0 saturated carbocycles. The van der Waals surface area contributed by atoms with E-state index in [4.69, 9.17) is 28.4 Å². The molecule has 214 valence electrons. The highest BCUT2D eigenvalue weighted by Gasteiger charge is 2.52. The van der Waals surface area contributed by atoms with Gasteiger partial charge in [0.25, 0.3) is 0 Å². The van der Waals surface area contributed by atoms with E-state index in [1.165, 1.54) is 0 Å². The largest absolute Gasteiger partial charge is 0.463 e. The van der Waals surface area contributed by atoms with Gasteiger partial charge in [0.05, 0.1) is 6.42 Å². The molecule has 1 heterocycles. The molecule has 1 amide bonds. The third-order valence-electron chi connectivity index (χ3n) is 5.28. The zero-order chi connectivity index (χ0) is 29.1. The minimum absolute atomic E-state index is 0.00694. The summed E-state index contributed by atoms with van der Waals surface area (Å²) in [5.41, 5.74) is 4.42. The number of esters is 5. The summed E-state index contributed by atoms with van der Waals surface area (Å²) in [6.07, 6.45) is -7.39. The lowest BCUT2D eigenvalue weighted by molar-refractivity contribution is -0.407. The third-order valence-corrected chi connectivity index (χ3v) is 5.28. The van der Waals surface area contributed by atoms with E-state index in [0.717, 1.165) is 33.3 Å². The zero-order valence-electron chi connectivity index (χ0n) is 22.1. The molecule has 6 atom stereocenters. The number of ether oxygens (including phenoxy) is 6. The van der Waals surface area contributed by atoms with Gasteiger partial charge in [-0.05, 0) is 5.56 Å². The van der Waals surface area contributed by atoms with Crippen molar-refractivity contribution in [2.24, 2.45) is 0 Å². The summed E-state index contributed by atoms with van der Waals surface area (Å²) >= 11 is 0. The molecule has 14 heteroatoms. The van der Waals surface area contributed by atoms with Gasteiger partial charge in [0.1, 0.15) is 19.3 Å². The van der Waals surface area contributed by atoms with Crippen molar-refractivity contribution in [1.29, 1.82) is 0 Å². The molecule has 1 aromatic carbocycles. The minimum atomic E-state index is -1.47. The molecule has 4 N–H and O–H groups in total. The second-order valence-electron chi connectivity index (χ2n) is 8.68. The second kappa shape index (κ2) is 14.8. The highest BCUT2D eigenvalue weighted by Crippen LogP contribution is 2.28. The molecule has 1 unspecified atom stereocenters. The Morgan fingerprint density at radius 2 is 1.38 bits per heavy atom. The van der Waals surface area contributed by atoms with Crippen LogP contribution in [0.4, 0.5) is 0 Å². The molecule has 39 heavy (non-hydrogen) atoms. The van der Waals surface area contributed by atoms with Crippen LogP contribution < -0.4 is 11.1 Å². The first-order valence-corrected chi connectivity index (χ1v) is 12.0. The molecular formula is C25H33N2O12+. The Morgan fingerprint density at radius 3 is 1.95 bits per heavy atom. The smallest absolute Gasteiger partial charge is 0.365 e. The molecule has 0 bridgehead atoms. The predicted molar refractivity (Wildman–Crippen MR) is 128 cm³/mol. The Bertz CT molecular complexity index is 1050. The summed E-state index contributed by atoms with van der Waals surface area (Å²) in [4.78, 5) is 72.2. The number of hydrogen-bond donors (Lipinski definition) is 2. The van der Waals surface area contributed by atoms with Gasteiger partial charge < -0.3 is 39.5 Å². The van der Waals surface area contributed by atoms with E-state index in [-0.39, 0.29) is 6.61 Å². The summed E-state index contributed by atoms with van der Waals surface area (Å²) in [6.45, 7) is 3.92. The SMILES string of the molecule is CC(=O)OC[C@H]1O[C@@H](NC(=O)CC([NH3+])C(=O)OCc2ccccc2)[C@H](OC(C)=O)[C@@H](OC(C)=O)[C@@H]1OC(C)=O. The van der Waals surface area contributed by atoms with Crippen LogP contribution in [-0.4, -0.2) is 79.0 Å². The van der Waals surface area contributed by atoms with Crippen LogP contribution in [-0.2, 0) is 63.8 Å². The Labute approximate surface area is 224 Å². The Kier molecular flexibility index (Phi) is 11.8. The molecule has 0 aromatic heterocycles. The van der Waals surface area contributed by atoms with Crippen molar-refractivity contribution in [1.82, 2.24) is 5.32 Å². The van der Waals surface area contributed by atoms with Crippen LogP contribution in [0, 0.1) is 0 Å². The van der Waals surface area contributed by atoms with Crippen LogP contribution in [0.5, 0.6) is 0 Å². The molecule has 0 radical (unpaired) electrons. The maximum absolute atomic E-state index is 12.8. The number of quaternary nitrogens is 1. The van der Waals surface area contributed by atoms with Gasteiger partial charge in [0.15, 0.2) is 30.6 Å². The molecule has 1 aliphatic rings. The molecule has 14 nitrogen and oxygen atoms in total. The van der Waals surface area contributed by atoms with Gasteiger partial charge in [-0.1, -0.05) is 30.3 Å². The first kappa shape index (κ1) is 31.2. The number of hydrogen-bond acceptors (Lipinski definition) is 12. The van der Waals surface area contributed by atoms with Crippen molar-refractivity contribution in [2.45, 2.75) is 77.4 Å². The molecule has 2 rings (SSSR count). The molecule has 1 aromatic rings. The number of amides is 1. The highest BCUT2D eigenvalue weighted by molar-refractivity contribution is 5.84. The Morgan fingerprint density at radius 1 is 0.821 bits per heavy atom. The van der Waals surface area contributed by atoms with Crippen molar-refractivity contribution in [3.63, 3.8) is 0 Å². The molecule has 0 spiro atoms. The van der Waals surface area contributed by atoms with E-state index in [1.807, 2.05) is 6.07 Å². The van der Waals surface area contributed by atoms with Gasteiger partial charge in [-0.25, -0.2) is 4.79 Å². The topological polar surface area (TPSA) is 197 Å². The Balaban J connectivity index is 2.20. The monoisotopic (exact) mass is 553 g/mol. The second-order valence-corrected chi connectivity index (χ2v) is 8.68. The van der Waals surface area contributed by atoms with Gasteiger partial charge in [0.2, 0.25) is 5.91 Å². The van der Waals surface area contributed by atoms with E-state index in [2.05, 4.69) is 11.1 Å². The maximum Gasteiger partial charge on any atom is 0.365 e. The van der Waals surface area contributed by atoms with Crippen molar-refractivity contribution < 1.29 is 62.9 Å². The van der Waals surface area contributed by atoms with E-state index in [9.17, 15) is 28.8 Å². The lowest BCUT2D eigenvalue weighted by Gasteiger charge is -2.44. The van der Waals surface area contributed by atoms with E-state index in [0.29, 0.717) is 0 Å². The number of carbonyl (C=O) groups excluding carboxylic acids is 6. The number of nitrogens with one attached hydrogen (secondary N) is 1. The standard InChI is InChI=1S/C25H32N2O12/c1-13(28)34-12-19-21(36-14(2)29)22(37-15(3)30)23(38-16(4)31)24(39-19)27-20(32)10-18(26)25(33)35-11-17-8-6-5-7-9-17/h5-9,18-19,21-24H,10-12,26H2,1-4H3,(H,27,32)/p+1/t18?,19-,21-,22+,23-,24-/m1/s1. The normalized spacial score (nSPS) is 22.9. The lowest BCUT2D eigenvalue weighted by atomic mass is 9.97. The summed E-state index contributed by atoms with van der Waals surface area (Å²) in [5.74, 6) is -4.57. The highest BCUT2D eigenvalue weighted by atomic mass is 16.7. The minimum Gasteiger partial charge on any atom is -0.463 e. The van der Waals surface area contributed by atoms with Crippen LogP contribution in [0.2, 0.25) is 0 Å². The molecule has 0 aliphatic carbocycles. The van der Waals surface area contributed by atoms with Gasteiger partial charge in [-0.2, -0.15) is 0 Å². The van der Waals surface area contributed by atoms with Gasteiger partial charge >= 0.3 is 29.8 Å². The van der Waals surface area contributed by atoms with E-state index >= 15 is 0 Å². The van der Waals surface area contributed by atoms with Crippen LogP contribution in [0.25, 0.3) is 0 Å². The fourth-order valence-electron chi connectivity index (χ4n) is 3.72. The summed E-state index contributed by atoms with van der Waals surface area (Å²) in [7, 11) is 0. The van der Waals surface area contributed by atoms with Gasteiger partial charge in [0, 0.05) is 27.7 Å². The van der Waals surface area contributed by atoms with Crippen molar-refractivity contribution in [2.75, 3.05) is 6.61 Å². The number of benzene rings is 1. The maximum atomic E-state index is 12.8. The molecule has 1 saturated heterocycles. The van der Waals surface area contributed by atoms with Gasteiger partial charge in [-0.15, -0.1) is 0 Å². The zero-order valence-corrected chi connectivity index (χ0v) is 22.1. The average Bonchev–Trinajstić information content (AvgIpc) is 2.84. The number of rotatable bonds is 11.